The summed E-state index contributed by atoms with van der Waals surface area (Å²) in [7, 11) is 0. The van der Waals surface area contributed by atoms with Crippen molar-refractivity contribution in [2.45, 2.75) is 12.2 Å². The molecular formula is C17H14OS. The van der Waals surface area contributed by atoms with Crippen LogP contribution in [0.1, 0.15) is 23.3 Å². The lowest BCUT2D eigenvalue weighted by Gasteiger charge is -2.07. The van der Waals surface area contributed by atoms with E-state index in [1.165, 1.54) is 11.8 Å². The number of rotatable bonds is 2. The summed E-state index contributed by atoms with van der Waals surface area (Å²) in [4.78, 5) is 11.3. The van der Waals surface area contributed by atoms with Gasteiger partial charge in [-0.05, 0) is 17.7 Å². The molecule has 2 rings (SSSR count). The summed E-state index contributed by atoms with van der Waals surface area (Å²) < 4.78 is 0. The number of carbonyl (C=O) groups excluding carboxylic acids is 1. The summed E-state index contributed by atoms with van der Waals surface area (Å²) in [5.41, 5.74) is 2.03. The van der Waals surface area contributed by atoms with Crippen molar-refractivity contribution >= 4 is 16.9 Å². The maximum atomic E-state index is 11.3. The van der Waals surface area contributed by atoms with E-state index in [0.717, 1.165) is 11.1 Å². The molecule has 0 saturated carbocycles. The van der Waals surface area contributed by atoms with Gasteiger partial charge in [-0.3, -0.25) is 4.79 Å². The van der Waals surface area contributed by atoms with Crippen molar-refractivity contribution in [3.63, 3.8) is 0 Å². The average Bonchev–Trinajstić information content (AvgIpc) is 2.45. The van der Waals surface area contributed by atoms with Crippen molar-refractivity contribution in [1.29, 1.82) is 0 Å². The largest absolute Gasteiger partial charge is 0.287 e. The standard InChI is InChI=1S/C17H14OS/c1-14(18)19-17(16-10-6-3-7-11-16)13-12-15-8-4-2-5-9-15/h2-11,17H,1H3. The number of hydrogen-bond acceptors (Lipinski definition) is 2. The first-order valence-electron chi connectivity index (χ1n) is 6.04. The first-order chi connectivity index (χ1) is 9.25. The predicted octanol–water partition coefficient (Wildman–Crippen LogP) is 4.06. The molecule has 0 aliphatic carbocycles. The lowest BCUT2D eigenvalue weighted by Crippen LogP contribution is -1.94. The highest BCUT2D eigenvalue weighted by atomic mass is 32.2. The SMILES string of the molecule is CC(=O)SC(C#Cc1ccccc1)c1ccccc1. The highest BCUT2D eigenvalue weighted by Gasteiger charge is 2.11. The minimum atomic E-state index is -0.112. The maximum absolute atomic E-state index is 11.3. The zero-order valence-corrected chi connectivity index (χ0v) is 11.5. The summed E-state index contributed by atoms with van der Waals surface area (Å²) in [5.74, 6) is 6.30. The van der Waals surface area contributed by atoms with Gasteiger partial charge in [-0.15, -0.1) is 0 Å². The highest BCUT2D eigenvalue weighted by Crippen LogP contribution is 2.28. The second-order valence-electron chi connectivity index (χ2n) is 4.04. The lowest BCUT2D eigenvalue weighted by atomic mass is 10.1. The molecule has 1 nitrogen and oxygen atoms in total. The van der Waals surface area contributed by atoms with Crippen LogP contribution < -0.4 is 0 Å². The van der Waals surface area contributed by atoms with Crippen LogP contribution in [0.5, 0.6) is 0 Å². The van der Waals surface area contributed by atoms with Crippen LogP contribution >= 0.6 is 11.8 Å². The zero-order chi connectivity index (χ0) is 13.5. The number of hydrogen-bond donors (Lipinski definition) is 0. The third-order valence-corrected chi connectivity index (χ3v) is 3.47. The van der Waals surface area contributed by atoms with E-state index in [1.807, 2.05) is 60.7 Å². The molecule has 0 aromatic heterocycles. The minimum absolute atomic E-state index is 0.0798. The van der Waals surface area contributed by atoms with Gasteiger partial charge in [0.25, 0.3) is 0 Å². The smallest absolute Gasteiger partial charge is 0.187 e. The molecule has 0 aliphatic heterocycles. The van der Waals surface area contributed by atoms with Crippen molar-refractivity contribution in [3.05, 3.63) is 71.8 Å². The Morgan fingerprint density at radius 2 is 1.58 bits per heavy atom. The zero-order valence-electron chi connectivity index (χ0n) is 10.7. The maximum Gasteiger partial charge on any atom is 0.187 e. The highest BCUT2D eigenvalue weighted by molar-refractivity contribution is 8.13. The molecule has 2 aromatic carbocycles. The van der Waals surface area contributed by atoms with Gasteiger partial charge >= 0.3 is 0 Å². The fourth-order valence-corrected chi connectivity index (χ4v) is 2.39. The Kier molecular flexibility index (Phi) is 4.83. The van der Waals surface area contributed by atoms with Crippen LogP contribution in [-0.4, -0.2) is 5.12 Å². The van der Waals surface area contributed by atoms with E-state index in [4.69, 9.17) is 0 Å². The Morgan fingerprint density at radius 3 is 2.16 bits per heavy atom. The van der Waals surface area contributed by atoms with Gasteiger partial charge in [0, 0.05) is 12.5 Å². The average molecular weight is 266 g/mol. The number of thioether (sulfide) groups is 1. The molecule has 0 fully saturated rings. The molecular weight excluding hydrogens is 252 g/mol. The van der Waals surface area contributed by atoms with E-state index >= 15 is 0 Å². The summed E-state index contributed by atoms with van der Waals surface area (Å²) in [6, 6.07) is 19.7. The van der Waals surface area contributed by atoms with E-state index in [9.17, 15) is 4.79 Å². The third-order valence-electron chi connectivity index (χ3n) is 2.51. The van der Waals surface area contributed by atoms with Gasteiger partial charge in [0.2, 0.25) is 0 Å². The van der Waals surface area contributed by atoms with Gasteiger partial charge in [0.1, 0.15) is 0 Å². The Hall–Kier alpha value is -1.98. The molecule has 94 valence electrons. The Morgan fingerprint density at radius 1 is 1.00 bits per heavy atom. The van der Waals surface area contributed by atoms with Gasteiger partial charge in [0.15, 0.2) is 5.12 Å². The van der Waals surface area contributed by atoms with E-state index < -0.39 is 0 Å². The first kappa shape index (κ1) is 13.5. The van der Waals surface area contributed by atoms with Crippen LogP contribution in [0.3, 0.4) is 0 Å². The predicted molar refractivity (Wildman–Crippen MR) is 80.8 cm³/mol. The number of benzene rings is 2. The van der Waals surface area contributed by atoms with E-state index in [-0.39, 0.29) is 10.4 Å². The van der Waals surface area contributed by atoms with Crippen LogP contribution in [0.15, 0.2) is 60.7 Å². The molecule has 2 heteroatoms. The molecule has 0 heterocycles. The molecule has 0 bridgehead atoms. The van der Waals surface area contributed by atoms with Crippen molar-refractivity contribution in [3.8, 4) is 11.8 Å². The van der Waals surface area contributed by atoms with Crippen LogP contribution in [0.25, 0.3) is 0 Å². The van der Waals surface area contributed by atoms with Gasteiger partial charge in [-0.25, -0.2) is 0 Å². The van der Waals surface area contributed by atoms with Crippen LogP contribution in [-0.2, 0) is 4.79 Å². The molecule has 2 aromatic rings. The lowest BCUT2D eigenvalue weighted by molar-refractivity contribution is -0.109. The van der Waals surface area contributed by atoms with Crippen molar-refractivity contribution in [1.82, 2.24) is 0 Å². The van der Waals surface area contributed by atoms with Gasteiger partial charge in [0.05, 0.1) is 5.25 Å². The Labute approximate surface area is 118 Å². The molecule has 0 radical (unpaired) electrons. The van der Waals surface area contributed by atoms with Crippen molar-refractivity contribution in [2.24, 2.45) is 0 Å². The summed E-state index contributed by atoms with van der Waals surface area (Å²) in [6.45, 7) is 1.57. The first-order valence-corrected chi connectivity index (χ1v) is 6.92. The fraction of sp³-hybridized carbons (Fsp3) is 0.118. The second-order valence-corrected chi connectivity index (χ2v) is 5.32. The molecule has 1 unspecified atom stereocenters. The van der Waals surface area contributed by atoms with E-state index in [2.05, 4.69) is 11.8 Å². The fourth-order valence-electron chi connectivity index (χ4n) is 1.64. The monoisotopic (exact) mass is 266 g/mol. The topological polar surface area (TPSA) is 17.1 Å². The van der Waals surface area contributed by atoms with Crippen molar-refractivity contribution < 1.29 is 4.79 Å². The van der Waals surface area contributed by atoms with E-state index in [0.29, 0.717) is 0 Å². The summed E-state index contributed by atoms with van der Waals surface area (Å²) in [6.07, 6.45) is 0. The Bertz CT molecular complexity index is 593. The molecule has 0 spiro atoms. The molecule has 1 atom stereocenters. The van der Waals surface area contributed by atoms with Gasteiger partial charge in [-0.2, -0.15) is 0 Å². The van der Waals surface area contributed by atoms with Crippen LogP contribution in [0.4, 0.5) is 0 Å². The third kappa shape index (κ3) is 4.31. The number of carbonyl (C=O) groups is 1. The Balaban J connectivity index is 2.25. The van der Waals surface area contributed by atoms with Crippen LogP contribution in [0.2, 0.25) is 0 Å². The normalized spacial score (nSPS) is 11.2. The molecule has 0 N–H and O–H groups in total. The quantitative estimate of drug-likeness (QED) is 0.762. The molecule has 0 saturated heterocycles. The molecule has 19 heavy (non-hydrogen) atoms. The van der Waals surface area contributed by atoms with Crippen LogP contribution in [0, 0.1) is 11.8 Å². The summed E-state index contributed by atoms with van der Waals surface area (Å²) in [5, 5.41) is -0.0323. The second kappa shape index (κ2) is 6.82. The van der Waals surface area contributed by atoms with Gasteiger partial charge < -0.3 is 0 Å². The van der Waals surface area contributed by atoms with E-state index in [1.54, 1.807) is 6.92 Å². The molecule has 0 aliphatic rings. The van der Waals surface area contributed by atoms with Gasteiger partial charge in [-0.1, -0.05) is 72.1 Å². The van der Waals surface area contributed by atoms with Crippen molar-refractivity contribution in [2.75, 3.05) is 0 Å². The molecule has 0 amide bonds. The minimum Gasteiger partial charge on any atom is -0.287 e. The summed E-state index contributed by atoms with van der Waals surface area (Å²) >= 11 is 1.26.